The summed E-state index contributed by atoms with van der Waals surface area (Å²) in [6, 6.07) is 11.6. The Hall–Kier alpha value is -3.14. The third kappa shape index (κ3) is 4.27. The Morgan fingerprint density at radius 1 is 1.12 bits per heavy atom. The molecule has 0 radical (unpaired) electrons. The second-order valence-electron chi connectivity index (χ2n) is 7.24. The summed E-state index contributed by atoms with van der Waals surface area (Å²) in [4.78, 5) is 35.5. The summed E-state index contributed by atoms with van der Waals surface area (Å²) in [5.41, 5.74) is 0.138. The van der Waals surface area contributed by atoms with Crippen molar-refractivity contribution in [3.05, 3.63) is 59.7 Å². The molecule has 2 aromatic rings. The van der Waals surface area contributed by atoms with Gasteiger partial charge in [-0.3, -0.25) is 14.5 Å². The van der Waals surface area contributed by atoms with Crippen molar-refractivity contribution in [2.75, 3.05) is 11.1 Å². The number of aliphatic imine (C=N–C) groups is 2. The van der Waals surface area contributed by atoms with Crippen molar-refractivity contribution in [3.8, 4) is 0 Å². The van der Waals surface area contributed by atoms with Gasteiger partial charge in [0.2, 0.25) is 5.91 Å². The van der Waals surface area contributed by atoms with Gasteiger partial charge >= 0.3 is 6.18 Å². The highest BCUT2D eigenvalue weighted by molar-refractivity contribution is 8.14. The first-order valence-corrected chi connectivity index (χ1v) is 11.0. The fourth-order valence-corrected chi connectivity index (χ4v) is 4.45. The van der Waals surface area contributed by atoms with Crippen LogP contribution in [0.5, 0.6) is 0 Å². The molecule has 0 saturated heterocycles. The fraction of sp³-hybridized carbons (Fsp3) is 0.273. The average Bonchev–Trinajstić information content (AvgIpc) is 3.08. The van der Waals surface area contributed by atoms with Gasteiger partial charge in [-0.15, -0.1) is 0 Å². The Kier molecular flexibility index (Phi) is 6.05. The zero-order chi connectivity index (χ0) is 22.9. The molecule has 0 spiro atoms. The van der Waals surface area contributed by atoms with Crippen molar-refractivity contribution in [2.45, 2.75) is 32.0 Å². The van der Waals surface area contributed by atoms with E-state index in [4.69, 9.17) is 0 Å². The highest BCUT2D eigenvalue weighted by Gasteiger charge is 2.41. The van der Waals surface area contributed by atoms with Gasteiger partial charge in [0.25, 0.3) is 5.91 Å². The topological polar surface area (TPSA) is 74.1 Å². The number of fused-ring (bicyclic) bond motifs is 3. The van der Waals surface area contributed by atoms with E-state index in [9.17, 15) is 22.8 Å². The lowest BCUT2D eigenvalue weighted by molar-refractivity contribution is -0.137. The van der Waals surface area contributed by atoms with Gasteiger partial charge in [-0.2, -0.15) is 18.2 Å². The van der Waals surface area contributed by atoms with Gasteiger partial charge in [-0.1, -0.05) is 49.4 Å². The summed E-state index contributed by atoms with van der Waals surface area (Å²) in [6.45, 7) is 1.96. The van der Waals surface area contributed by atoms with Gasteiger partial charge in [0.15, 0.2) is 5.17 Å². The quantitative estimate of drug-likeness (QED) is 0.693. The first-order valence-electron chi connectivity index (χ1n) is 9.98. The van der Waals surface area contributed by atoms with Crippen LogP contribution in [0, 0.1) is 0 Å². The van der Waals surface area contributed by atoms with Crippen LogP contribution in [0.4, 0.5) is 24.5 Å². The van der Waals surface area contributed by atoms with Crippen LogP contribution in [0.3, 0.4) is 0 Å². The molecule has 2 amide bonds. The highest BCUT2D eigenvalue weighted by Crippen LogP contribution is 2.36. The molecule has 0 fully saturated rings. The maximum atomic E-state index is 13.2. The predicted molar refractivity (Wildman–Crippen MR) is 118 cm³/mol. The normalized spacial score (nSPS) is 17.4. The number of amidine groups is 2. The zero-order valence-corrected chi connectivity index (χ0v) is 17.8. The summed E-state index contributed by atoms with van der Waals surface area (Å²) >= 11 is 1.06. The molecule has 1 N–H and O–H groups in total. The molecule has 1 unspecified atom stereocenters. The van der Waals surface area contributed by atoms with Gasteiger partial charge in [-0.05, 0) is 30.7 Å². The molecule has 10 heteroatoms. The Labute approximate surface area is 186 Å². The number of nitrogens with one attached hydrogen (secondary N) is 1. The number of alkyl halides is 3. The first-order chi connectivity index (χ1) is 15.3. The fourth-order valence-electron chi connectivity index (χ4n) is 3.61. The van der Waals surface area contributed by atoms with Crippen LogP contribution in [-0.4, -0.2) is 39.5 Å². The van der Waals surface area contributed by atoms with Gasteiger partial charge in [0.05, 0.1) is 22.7 Å². The molecule has 0 saturated carbocycles. The number of carbonyl (C=O) groups excluding carboxylic acids is 2. The molecular formula is C22H19F3N4O2S. The lowest BCUT2D eigenvalue weighted by atomic mass is 10.1. The Morgan fingerprint density at radius 3 is 2.59 bits per heavy atom. The van der Waals surface area contributed by atoms with Crippen molar-refractivity contribution >= 4 is 46.0 Å². The molecule has 2 aliphatic rings. The third-order valence-corrected chi connectivity index (χ3v) is 5.96. The molecule has 0 aliphatic carbocycles. The number of hydrogen-bond donors (Lipinski definition) is 1. The number of benzene rings is 2. The summed E-state index contributed by atoms with van der Waals surface area (Å²) in [6.07, 6.45) is -3.26. The van der Waals surface area contributed by atoms with Gasteiger partial charge in [0.1, 0.15) is 11.9 Å². The smallest absolute Gasteiger partial charge is 0.325 e. The van der Waals surface area contributed by atoms with Crippen molar-refractivity contribution < 1.29 is 22.8 Å². The minimum Gasteiger partial charge on any atom is -0.325 e. The standard InChI is InChI=1S/C22H19F3N4O2S/c1-2-7-17-20(31)28-19-13-8-3-5-10-15(13)27-21(29(17)19)32-12-18(30)26-16-11-6-4-9-14(16)22(23,24)25/h3-6,8-11,17H,2,7,12H2,1H3,(H,26,30). The SMILES string of the molecule is CCCC1C(=O)N=C2c3ccccc3N=C(SCC(=O)Nc3ccccc3C(F)(F)F)N21. The predicted octanol–water partition coefficient (Wildman–Crippen LogP) is 4.84. The van der Waals surface area contributed by atoms with Gasteiger partial charge < -0.3 is 5.32 Å². The van der Waals surface area contributed by atoms with Crippen LogP contribution in [0.1, 0.15) is 30.9 Å². The van der Waals surface area contributed by atoms with E-state index in [0.717, 1.165) is 29.8 Å². The van der Waals surface area contributed by atoms with E-state index in [1.54, 1.807) is 11.0 Å². The zero-order valence-electron chi connectivity index (χ0n) is 17.0. The monoisotopic (exact) mass is 460 g/mol. The van der Waals surface area contributed by atoms with Gasteiger partial charge in [-0.25, -0.2) is 4.99 Å². The number of rotatable bonds is 5. The van der Waals surface area contributed by atoms with Crippen LogP contribution in [0.25, 0.3) is 0 Å². The molecule has 166 valence electrons. The van der Waals surface area contributed by atoms with E-state index in [2.05, 4.69) is 15.3 Å². The van der Waals surface area contributed by atoms with Crippen molar-refractivity contribution in [1.29, 1.82) is 0 Å². The van der Waals surface area contributed by atoms with E-state index in [0.29, 0.717) is 23.1 Å². The minimum atomic E-state index is -4.58. The molecule has 2 aromatic carbocycles. The second-order valence-corrected chi connectivity index (χ2v) is 8.18. The lowest BCUT2D eigenvalue weighted by Crippen LogP contribution is -2.43. The van der Waals surface area contributed by atoms with Crippen molar-refractivity contribution in [3.63, 3.8) is 0 Å². The third-order valence-electron chi connectivity index (χ3n) is 5.01. The van der Waals surface area contributed by atoms with Crippen LogP contribution < -0.4 is 5.32 Å². The summed E-state index contributed by atoms with van der Waals surface area (Å²) in [5, 5.41) is 2.75. The number of halogens is 3. The maximum Gasteiger partial charge on any atom is 0.418 e. The second kappa shape index (κ2) is 8.78. The number of nitrogens with zero attached hydrogens (tertiary/aromatic N) is 3. The van der Waals surface area contributed by atoms with Crippen LogP contribution in [0.2, 0.25) is 0 Å². The van der Waals surface area contributed by atoms with Crippen LogP contribution in [-0.2, 0) is 15.8 Å². The molecule has 6 nitrogen and oxygen atoms in total. The van der Waals surface area contributed by atoms with E-state index >= 15 is 0 Å². The molecular weight excluding hydrogens is 441 g/mol. The average molecular weight is 460 g/mol. The van der Waals surface area contributed by atoms with Crippen molar-refractivity contribution in [2.24, 2.45) is 9.98 Å². The maximum absolute atomic E-state index is 13.2. The van der Waals surface area contributed by atoms with E-state index < -0.39 is 23.7 Å². The first kappa shape index (κ1) is 22.1. The highest BCUT2D eigenvalue weighted by atomic mass is 32.2. The minimum absolute atomic E-state index is 0.177. The molecule has 4 rings (SSSR count). The molecule has 1 atom stereocenters. The van der Waals surface area contributed by atoms with E-state index in [1.165, 1.54) is 18.2 Å². The number of carbonyl (C=O) groups is 2. The Bertz CT molecular complexity index is 1130. The Morgan fingerprint density at radius 2 is 1.84 bits per heavy atom. The van der Waals surface area contributed by atoms with Gasteiger partial charge in [0, 0.05) is 5.56 Å². The summed E-state index contributed by atoms with van der Waals surface area (Å²) in [7, 11) is 0. The molecule has 32 heavy (non-hydrogen) atoms. The molecule has 0 bridgehead atoms. The molecule has 0 aromatic heterocycles. The Balaban J connectivity index is 1.55. The largest absolute Gasteiger partial charge is 0.418 e. The summed E-state index contributed by atoms with van der Waals surface area (Å²) < 4.78 is 39.6. The van der Waals surface area contributed by atoms with Crippen LogP contribution >= 0.6 is 11.8 Å². The number of amides is 2. The molecule has 2 aliphatic heterocycles. The molecule has 2 heterocycles. The van der Waals surface area contributed by atoms with Crippen molar-refractivity contribution in [1.82, 2.24) is 4.90 Å². The lowest BCUT2D eigenvalue weighted by Gasteiger charge is -2.30. The van der Waals surface area contributed by atoms with E-state index in [1.807, 2.05) is 25.1 Å². The number of thioether (sulfide) groups is 1. The number of anilines is 1. The number of para-hydroxylation sites is 2. The number of hydrogen-bond acceptors (Lipinski definition) is 5. The van der Waals surface area contributed by atoms with Crippen LogP contribution in [0.15, 0.2) is 58.5 Å². The van der Waals surface area contributed by atoms with E-state index in [-0.39, 0.29) is 17.3 Å². The summed E-state index contributed by atoms with van der Waals surface area (Å²) in [5.74, 6) is -0.562.